The van der Waals surface area contributed by atoms with Gasteiger partial charge in [0.15, 0.2) is 0 Å². The van der Waals surface area contributed by atoms with Crippen molar-refractivity contribution in [3.05, 3.63) is 64.4 Å². The minimum atomic E-state index is -0.375. The fraction of sp³-hybridized carbons (Fsp3) is 0.0769. The van der Waals surface area contributed by atoms with Crippen LogP contribution >= 0.6 is 11.6 Å². The summed E-state index contributed by atoms with van der Waals surface area (Å²) in [6.07, 6.45) is 0.587. The first-order chi connectivity index (χ1) is 7.66. The Morgan fingerprint density at radius 1 is 1.12 bits per heavy atom. The second-order valence-electron chi connectivity index (χ2n) is 3.62. The van der Waals surface area contributed by atoms with Crippen LogP contribution in [0.2, 0.25) is 5.02 Å². The Bertz CT molecular complexity index is 511. The molecule has 2 N–H and O–H groups in total. The normalized spacial score (nSPS) is 10.4. The van der Waals surface area contributed by atoms with E-state index < -0.39 is 0 Å². The first-order valence-corrected chi connectivity index (χ1v) is 5.32. The standard InChI is InChI=1S/C13H11ClFN/c14-11-5-1-3-9(8-11)7-10-4-2-6-12(15)13(10)16/h1-6,8H,7,16H2. The minimum Gasteiger partial charge on any atom is -0.396 e. The Morgan fingerprint density at radius 2 is 1.88 bits per heavy atom. The third kappa shape index (κ3) is 2.34. The summed E-state index contributed by atoms with van der Waals surface area (Å²) in [5.74, 6) is -0.375. The number of benzene rings is 2. The van der Waals surface area contributed by atoms with Crippen molar-refractivity contribution in [3.8, 4) is 0 Å². The summed E-state index contributed by atoms with van der Waals surface area (Å²) in [4.78, 5) is 0. The van der Waals surface area contributed by atoms with Crippen molar-refractivity contribution in [2.24, 2.45) is 0 Å². The summed E-state index contributed by atoms with van der Waals surface area (Å²) in [6, 6.07) is 12.3. The van der Waals surface area contributed by atoms with Gasteiger partial charge < -0.3 is 5.73 Å². The monoisotopic (exact) mass is 235 g/mol. The third-order valence-corrected chi connectivity index (χ3v) is 2.66. The highest BCUT2D eigenvalue weighted by Crippen LogP contribution is 2.20. The molecule has 0 aliphatic carbocycles. The van der Waals surface area contributed by atoms with Gasteiger partial charge in [-0.1, -0.05) is 35.9 Å². The van der Waals surface area contributed by atoms with E-state index in [0.29, 0.717) is 11.4 Å². The Hall–Kier alpha value is -1.54. The quantitative estimate of drug-likeness (QED) is 0.790. The van der Waals surface area contributed by atoms with Crippen LogP contribution in [0, 0.1) is 5.82 Å². The number of hydrogen-bond donors (Lipinski definition) is 1. The second-order valence-corrected chi connectivity index (χ2v) is 4.06. The lowest BCUT2D eigenvalue weighted by Gasteiger charge is -2.06. The smallest absolute Gasteiger partial charge is 0.146 e. The van der Waals surface area contributed by atoms with Crippen molar-refractivity contribution < 1.29 is 4.39 Å². The van der Waals surface area contributed by atoms with Gasteiger partial charge in [0.05, 0.1) is 5.69 Å². The molecule has 1 nitrogen and oxygen atoms in total. The largest absolute Gasteiger partial charge is 0.396 e. The van der Waals surface area contributed by atoms with E-state index in [1.54, 1.807) is 12.1 Å². The maximum atomic E-state index is 13.2. The summed E-state index contributed by atoms with van der Waals surface area (Å²) >= 11 is 5.88. The predicted octanol–water partition coefficient (Wildman–Crippen LogP) is 3.65. The summed E-state index contributed by atoms with van der Waals surface area (Å²) in [5.41, 5.74) is 7.67. The number of anilines is 1. The molecule has 82 valence electrons. The van der Waals surface area contributed by atoms with Gasteiger partial charge in [-0.3, -0.25) is 0 Å². The zero-order chi connectivity index (χ0) is 11.5. The van der Waals surface area contributed by atoms with Crippen molar-refractivity contribution in [2.45, 2.75) is 6.42 Å². The number of nitrogen functional groups attached to an aromatic ring is 1. The fourth-order valence-electron chi connectivity index (χ4n) is 1.60. The van der Waals surface area contributed by atoms with Crippen LogP contribution in [-0.2, 0) is 6.42 Å². The van der Waals surface area contributed by atoms with Gasteiger partial charge in [0.25, 0.3) is 0 Å². The van der Waals surface area contributed by atoms with Crippen LogP contribution in [0.4, 0.5) is 10.1 Å². The van der Waals surface area contributed by atoms with Crippen LogP contribution in [0.1, 0.15) is 11.1 Å². The molecule has 0 aromatic heterocycles. The van der Waals surface area contributed by atoms with Crippen LogP contribution in [0.25, 0.3) is 0 Å². The van der Waals surface area contributed by atoms with Crippen LogP contribution in [0.5, 0.6) is 0 Å². The summed E-state index contributed by atoms with van der Waals surface area (Å²) in [7, 11) is 0. The zero-order valence-electron chi connectivity index (χ0n) is 8.58. The molecule has 0 bridgehead atoms. The lowest BCUT2D eigenvalue weighted by atomic mass is 10.0. The molecule has 0 saturated heterocycles. The predicted molar refractivity (Wildman–Crippen MR) is 65.1 cm³/mol. The van der Waals surface area contributed by atoms with Gasteiger partial charge in [0.1, 0.15) is 5.82 Å². The van der Waals surface area contributed by atoms with E-state index in [9.17, 15) is 4.39 Å². The van der Waals surface area contributed by atoms with Crippen molar-refractivity contribution in [1.29, 1.82) is 0 Å². The SMILES string of the molecule is Nc1c(F)cccc1Cc1cccc(Cl)c1. The molecule has 2 aromatic rings. The number of nitrogens with two attached hydrogens (primary N) is 1. The molecule has 0 aliphatic heterocycles. The molecular weight excluding hydrogens is 225 g/mol. The van der Waals surface area contributed by atoms with E-state index in [0.717, 1.165) is 11.1 Å². The van der Waals surface area contributed by atoms with Gasteiger partial charge in [-0.2, -0.15) is 0 Å². The maximum absolute atomic E-state index is 13.2. The van der Waals surface area contributed by atoms with Gasteiger partial charge in [0.2, 0.25) is 0 Å². The van der Waals surface area contributed by atoms with Gasteiger partial charge >= 0.3 is 0 Å². The molecule has 0 heterocycles. The van der Waals surface area contributed by atoms with Gasteiger partial charge in [-0.15, -0.1) is 0 Å². The second kappa shape index (κ2) is 4.54. The highest BCUT2D eigenvalue weighted by molar-refractivity contribution is 6.30. The van der Waals surface area contributed by atoms with E-state index in [1.807, 2.05) is 24.3 Å². The molecule has 0 fully saturated rings. The molecule has 0 amide bonds. The molecule has 0 radical (unpaired) electrons. The highest BCUT2D eigenvalue weighted by Gasteiger charge is 2.05. The molecule has 0 atom stereocenters. The van der Waals surface area contributed by atoms with Crippen molar-refractivity contribution in [3.63, 3.8) is 0 Å². The Morgan fingerprint density at radius 3 is 2.62 bits per heavy atom. The number of para-hydroxylation sites is 1. The minimum absolute atomic E-state index is 0.211. The Labute approximate surface area is 98.7 Å². The molecule has 16 heavy (non-hydrogen) atoms. The first kappa shape index (κ1) is 11.0. The van der Waals surface area contributed by atoms with Crippen LogP contribution in [-0.4, -0.2) is 0 Å². The molecule has 0 unspecified atom stereocenters. The molecule has 2 aromatic carbocycles. The average Bonchev–Trinajstić information content (AvgIpc) is 2.25. The van der Waals surface area contributed by atoms with Crippen LogP contribution in [0.15, 0.2) is 42.5 Å². The first-order valence-electron chi connectivity index (χ1n) is 4.94. The average molecular weight is 236 g/mol. The fourth-order valence-corrected chi connectivity index (χ4v) is 1.82. The molecule has 2 rings (SSSR count). The lowest BCUT2D eigenvalue weighted by Crippen LogP contribution is -1.98. The van der Waals surface area contributed by atoms with E-state index in [2.05, 4.69) is 0 Å². The Balaban J connectivity index is 2.31. The molecule has 0 spiro atoms. The highest BCUT2D eigenvalue weighted by atomic mass is 35.5. The van der Waals surface area contributed by atoms with Crippen molar-refractivity contribution in [1.82, 2.24) is 0 Å². The third-order valence-electron chi connectivity index (χ3n) is 2.43. The summed E-state index contributed by atoms with van der Waals surface area (Å²) in [6.45, 7) is 0. The van der Waals surface area contributed by atoms with Gasteiger partial charge in [-0.05, 0) is 35.7 Å². The Kier molecular flexibility index (Phi) is 3.11. The zero-order valence-corrected chi connectivity index (χ0v) is 9.34. The lowest BCUT2D eigenvalue weighted by molar-refractivity contribution is 0.631. The molecule has 0 aliphatic rings. The van der Waals surface area contributed by atoms with E-state index in [-0.39, 0.29) is 11.5 Å². The van der Waals surface area contributed by atoms with E-state index in [4.69, 9.17) is 17.3 Å². The molecular formula is C13H11ClFN. The van der Waals surface area contributed by atoms with E-state index in [1.165, 1.54) is 6.07 Å². The molecule has 0 saturated carbocycles. The molecule has 3 heteroatoms. The van der Waals surface area contributed by atoms with Crippen LogP contribution < -0.4 is 5.73 Å². The summed E-state index contributed by atoms with van der Waals surface area (Å²) in [5, 5.41) is 0.674. The maximum Gasteiger partial charge on any atom is 0.146 e. The van der Waals surface area contributed by atoms with E-state index >= 15 is 0 Å². The van der Waals surface area contributed by atoms with Gasteiger partial charge in [0, 0.05) is 5.02 Å². The number of halogens is 2. The van der Waals surface area contributed by atoms with Crippen LogP contribution in [0.3, 0.4) is 0 Å². The number of hydrogen-bond acceptors (Lipinski definition) is 1. The summed E-state index contributed by atoms with van der Waals surface area (Å²) < 4.78 is 13.2. The topological polar surface area (TPSA) is 26.0 Å². The van der Waals surface area contributed by atoms with Gasteiger partial charge in [-0.25, -0.2) is 4.39 Å². The van der Waals surface area contributed by atoms with Crippen molar-refractivity contribution >= 4 is 17.3 Å². The number of rotatable bonds is 2. The van der Waals surface area contributed by atoms with Crippen molar-refractivity contribution in [2.75, 3.05) is 5.73 Å².